The van der Waals surface area contributed by atoms with Gasteiger partial charge in [0.2, 0.25) is 0 Å². The van der Waals surface area contributed by atoms with Crippen LogP contribution in [0.5, 0.6) is 0 Å². The van der Waals surface area contributed by atoms with Crippen LogP contribution in [0.3, 0.4) is 0 Å². The summed E-state index contributed by atoms with van der Waals surface area (Å²) in [5, 5.41) is 13.6. The van der Waals surface area contributed by atoms with Crippen LogP contribution in [-0.2, 0) is 11.3 Å². The van der Waals surface area contributed by atoms with E-state index in [-0.39, 0.29) is 6.61 Å². The topological polar surface area (TPSA) is 62.1 Å². The number of benzene rings is 2. The van der Waals surface area contributed by atoms with Crippen molar-refractivity contribution in [2.75, 3.05) is 5.32 Å². The molecule has 0 fully saturated rings. The van der Waals surface area contributed by atoms with Crippen molar-refractivity contribution in [2.24, 2.45) is 0 Å². The summed E-state index contributed by atoms with van der Waals surface area (Å²) in [5.41, 5.74) is 1.31. The second-order valence-corrected chi connectivity index (χ2v) is 6.23. The molecule has 2 aromatic rings. The van der Waals surface area contributed by atoms with Crippen LogP contribution in [0.2, 0.25) is 5.02 Å². The summed E-state index contributed by atoms with van der Waals surface area (Å²) in [6.07, 6.45) is -0.599. The van der Waals surface area contributed by atoms with Crippen molar-refractivity contribution in [3.63, 3.8) is 0 Å². The number of nitrogens with zero attached hydrogens (tertiary/aromatic N) is 1. The van der Waals surface area contributed by atoms with Crippen LogP contribution in [0.25, 0.3) is 0 Å². The highest BCUT2D eigenvalue weighted by atomic mass is 79.9. The minimum Gasteiger partial charge on any atom is -0.444 e. The summed E-state index contributed by atoms with van der Waals surface area (Å²) < 4.78 is 5.79. The Morgan fingerprint density at radius 2 is 2.09 bits per heavy atom. The highest BCUT2D eigenvalue weighted by Crippen LogP contribution is 2.35. The fourth-order valence-electron chi connectivity index (χ4n) is 1.62. The van der Waals surface area contributed by atoms with Crippen LogP contribution in [0.1, 0.15) is 5.56 Å². The quantitative estimate of drug-likeness (QED) is 0.552. The van der Waals surface area contributed by atoms with E-state index in [0.29, 0.717) is 20.1 Å². The van der Waals surface area contributed by atoms with Gasteiger partial charge in [0.25, 0.3) is 0 Å². The number of amides is 1. The molecule has 7 heteroatoms. The molecule has 0 aliphatic heterocycles. The van der Waals surface area contributed by atoms with Gasteiger partial charge < -0.3 is 4.74 Å². The van der Waals surface area contributed by atoms with Crippen molar-refractivity contribution >= 4 is 51.1 Å². The van der Waals surface area contributed by atoms with E-state index in [2.05, 4.69) is 21.2 Å². The Kier molecular flexibility index (Phi) is 6.13. The lowest BCUT2D eigenvalue weighted by atomic mass is 10.2. The molecule has 4 nitrogen and oxygen atoms in total. The minimum absolute atomic E-state index is 0.174. The van der Waals surface area contributed by atoms with Crippen LogP contribution < -0.4 is 5.32 Å². The van der Waals surface area contributed by atoms with Gasteiger partial charge >= 0.3 is 6.09 Å². The molecule has 0 saturated carbocycles. The van der Waals surface area contributed by atoms with E-state index < -0.39 is 6.09 Å². The number of hydrogen-bond acceptors (Lipinski definition) is 4. The van der Waals surface area contributed by atoms with Crippen molar-refractivity contribution in [3.8, 4) is 5.40 Å². The summed E-state index contributed by atoms with van der Waals surface area (Å²) in [6, 6.07) is 12.6. The van der Waals surface area contributed by atoms with E-state index >= 15 is 0 Å². The molecule has 2 rings (SSSR count). The van der Waals surface area contributed by atoms with E-state index in [1.54, 1.807) is 12.1 Å². The molecule has 0 unspecified atom stereocenters. The summed E-state index contributed by atoms with van der Waals surface area (Å²) in [4.78, 5) is 12.5. The zero-order chi connectivity index (χ0) is 15.9. The molecular formula is C15H10BrClN2O2S. The van der Waals surface area contributed by atoms with Crippen LogP contribution in [0, 0.1) is 10.7 Å². The molecule has 112 valence electrons. The zero-order valence-electron chi connectivity index (χ0n) is 11.2. The highest BCUT2D eigenvalue weighted by Gasteiger charge is 2.11. The fraction of sp³-hybridized carbons (Fsp3) is 0.0667. The smallest absolute Gasteiger partial charge is 0.412 e. The second-order valence-electron chi connectivity index (χ2n) is 4.14. The molecule has 0 spiro atoms. The normalized spacial score (nSPS) is 9.86. The Balaban J connectivity index is 2.00. The third-order valence-electron chi connectivity index (χ3n) is 2.63. The highest BCUT2D eigenvalue weighted by molar-refractivity contribution is 9.10. The SMILES string of the molecule is N#CSc1cc(Cl)c(NC(=O)OCc2ccccc2)cc1Br. The molecule has 0 bridgehead atoms. The van der Waals surface area contributed by atoms with Crippen molar-refractivity contribution in [2.45, 2.75) is 11.5 Å². The number of anilines is 1. The van der Waals surface area contributed by atoms with Crippen LogP contribution in [0.4, 0.5) is 10.5 Å². The van der Waals surface area contributed by atoms with Gasteiger partial charge in [0.05, 0.1) is 10.7 Å². The van der Waals surface area contributed by atoms with Gasteiger partial charge in [-0.05, 0) is 45.4 Å². The average Bonchev–Trinajstić information content (AvgIpc) is 2.51. The van der Waals surface area contributed by atoms with Gasteiger partial charge in [-0.2, -0.15) is 5.26 Å². The van der Waals surface area contributed by atoms with Gasteiger partial charge in [-0.1, -0.05) is 41.9 Å². The van der Waals surface area contributed by atoms with Gasteiger partial charge in [0.15, 0.2) is 0 Å². The van der Waals surface area contributed by atoms with Gasteiger partial charge in [-0.15, -0.1) is 0 Å². The van der Waals surface area contributed by atoms with Crippen molar-refractivity contribution in [3.05, 3.63) is 57.5 Å². The first-order valence-corrected chi connectivity index (χ1v) is 8.11. The number of rotatable bonds is 4. The number of thioether (sulfide) groups is 1. The Hall–Kier alpha value is -1.68. The predicted molar refractivity (Wildman–Crippen MR) is 90.9 cm³/mol. The van der Waals surface area contributed by atoms with Gasteiger partial charge in [-0.25, -0.2) is 4.79 Å². The van der Waals surface area contributed by atoms with E-state index in [9.17, 15) is 4.79 Å². The summed E-state index contributed by atoms with van der Waals surface area (Å²) in [7, 11) is 0. The van der Waals surface area contributed by atoms with Crippen molar-refractivity contribution in [1.82, 2.24) is 0 Å². The number of halogens is 2. The fourth-order valence-corrected chi connectivity index (χ4v) is 2.91. The molecule has 2 aromatic carbocycles. The third-order valence-corrected chi connectivity index (χ3v) is 4.51. The monoisotopic (exact) mass is 396 g/mol. The number of carbonyl (C=O) groups is 1. The molecule has 0 radical (unpaired) electrons. The first-order valence-electron chi connectivity index (χ1n) is 6.13. The van der Waals surface area contributed by atoms with E-state index in [1.807, 2.05) is 35.7 Å². The standard InChI is InChI=1S/C15H10BrClN2O2S/c16-11-6-13(12(17)7-14(11)22-9-18)19-15(20)21-8-10-4-2-1-3-5-10/h1-7H,8H2,(H,19,20). The predicted octanol–water partition coefficient (Wildman–Crippen LogP) is 5.42. The lowest BCUT2D eigenvalue weighted by Crippen LogP contribution is -2.13. The molecule has 22 heavy (non-hydrogen) atoms. The molecule has 0 atom stereocenters. The van der Waals surface area contributed by atoms with E-state index in [1.165, 1.54) is 0 Å². The van der Waals surface area contributed by atoms with Gasteiger partial charge in [0, 0.05) is 9.37 Å². The number of nitrogens with one attached hydrogen (secondary N) is 1. The molecule has 0 aromatic heterocycles. The lowest BCUT2D eigenvalue weighted by Gasteiger charge is -2.10. The lowest BCUT2D eigenvalue weighted by molar-refractivity contribution is 0.155. The molecule has 0 aliphatic rings. The maximum Gasteiger partial charge on any atom is 0.412 e. The van der Waals surface area contributed by atoms with Crippen LogP contribution >= 0.6 is 39.3 Å². The summed E-state index contributed by atoms with van der Waals surface area (Å²) >= 11 is 10.4. The van der Waals surface area contributed by atoms with Crippen molar-refractivity contribution < 1.29 is 9.53 Å². The molecular weight excluding hydrogens is 388 g/mol. The molecule has 0 heterocycles. The number of ether oxygens (including phenoxy) is 1. The molecule has 1 amide bonds. The largest absolute Gasteiger partial charge is 0.444 e. The average molecular weight is 398 g/mol. The number of hydrogen-bond donors (Lipinski definition) is 1. The number of thiocyanates is 1. The minimum atomic E-state index is -0.599. The first-order chi connectivity index (χ1) is 10.6. The number of nitriles is 1. The Labute approximate surface area is 145 Å². The summed E-state index contributed by atoms with van der Waals surface area (Å²) in [5.74, 6) is 0. The first kappa shape index (κ1) is 16.7. The Bertz CT molecular complexity index is 719. The van der Waals surface area contributed by atoms with Gasteiger partial charge in [0.1, 0.15) is 12.0 Å². The van der Waals surface area contributed by atoms with Crippen molar-refractivity contribution in [1.29, 1.82) is 5.26 Å². The Morgan fingerprint density at radius 1 is 1.36 bits per heavy atom. The molecule has 0 saturated heterocycles. The molecule has 1 N–H and O–H groups in total. The maximum absolute atomic E-state index is 11.8. The number of carbonyl (C=O) groups excluding carboxylic acids is 1. The molecule has 0 aliphatic carbocycles. The summed E-state index contributed by atoms with van der Waals surface area (Å²) in [6.45, 7) is 0.174. The van der Waals surface area contributed by atoms with E-state index in [0.717, 1.165) is 17.3 Å². The van der Waals surface area contributed by atoms with Gasteiger partial charge in [-0.3, -0.25) is 5.32 Å². The maximum atomic E-state index is 11.8. The van der Waals surface area contributed by atoms with Crippen LogP contribution in [-0.4, -0.2) is 6.09 Å². The third kappa shape index (κ3) is 4.67. The zero-order valence-corrected chi connectivity index (χ0v) is 14.3. The van der Waals surface area contributed by atoms with E-state index in [4.69, 9.17) is 21.6 Å². The Morgan fingerprint density at radius 3 is 2.77 bits per heavy atom. The van der Waals surface area contributed by atoms with Crippen LogP contribution in [0.15, 0.2) is 51.8 Å². The second kappa shape index (κ2) is 8.08.